The number of hydrogen-bond acceptors (Lipinski definition) is 4. The molecule has 0 saturated carbocycles. The summed E-state index contributed by atoms with van der Waals surface area (Å²) >= 11 is 0. The molecule has 1 N–H and O–H groups in total. The molecule has 0 bridgehead atoms. The Balaban J connectivity index is 1.72. The first kappa shape index (κ1) is 15.6. The topological polar surface area (TPSA) is 71.5 Å². The molecular formula is C19H17FN4O. The lowest BCUT2D eigenvalue weighted by molar-refractivity contribution is 0.629. The largest absolute Gasteiger partial charge is 0.268 e. The minimum Gasteiger partial charge on any atom is -0.268 e. The number of hydrogen-bond donors (Lipinski definition) is 1. The van der Waals surface area contributed by atoms with Crippen molar-refractivity contribution in [3.63, 3.8) is 0 Å². The van der Waals surface area contributed by atoms with Crippen LogP contribution in [-0.2, 0) is 19.3 Å². The lowest BCUT2D eigenvalue weighted by Gasteiger charge is -2.17. The van der Waals surface area contributed by atoms with Crippen LogP contribution >= 0.6 is 0 Å². The van der Waals surface area contributed by atoms with Gasteiger partial charge in [-0.1, -0.05) is 6.07 Å². The number of fused-ring (bicyclic) bond motifs is 1. The molecule has 4 rings (SSSR count). The van der Waals surface area contributed by atoms with Crippen LogP contribution in [0.4, 0.5) is 4.39 Å². The number of benzene rings is 1. The third kappa shape index (κ3) is 3.07. The predicted octanol–water partition coefficient (Wildman–Crippen LogP) is 2.84. The second-order valence-electron chi connectivity index (χ2n) is 6.23. The highest BCUT2D eigenvalue weighted by Crippen LogP contribution is 2.25. The molecule has 0 radical (unpaired) electrons. The monoisotopic (exact) mass is 336 g/mol. The standard InChI is InChI=1S/C19H17FN4O/c20-16-7-6-12(10-15(16)18-21-8-3-9-22-18)11-17-13-4-1-2-5-14(13)19(25)24-23-17/h3,6-10H,1-2,4-5,11H2,(H,24,25). The highest BCUT2D eigenvalue weighted by molar-refractivity contribution is 5.57. The molecule has 2 aromatic heterocycles. The molecule has 126 valence electrons. The van der Waals surface area contributed by atoms with E-state index in [0.717, 1.165) is 48.1 Å². The summed E-state index contributed by atoms with van der Waals surface area (Å²) in [5.74, 6) is 0.00436. The molecule has 1 aliphatic carbocycles. The van der Waals surface area contributed by atoms with Gasteiger partial charge in [-0.15, -0.1) is 0 Å². The third-order valence-electron chi connectivity index (χ3n) is 4.59. The number of nitrogens with zero attached hydrogens (tertiary/aromatic N) is 3. The van der Waals surface area contributed by atoms with Gasteiger partial charge in [0.15, 0.2) is 5.82 Å². The second kappa shape index (κ2) is 6.55. The minimum atomic E-state index is -0.355. The normalized spacial score (nSPS) is 13.5. The van der Waals surface area contributed by atoms with E-state index in [-0.39, 0.29) is 11.4 Å². The summed E-state index contributed by atoms with van der Waals surface area (Å²) < 4.78 is 14.2. The van der Waals surface area contributed by atoms with Gasteiger partial charge >= 0.3 is 0 Å². The van der Waals surface area contributed by atoms with Gasteiger partial charge in [0.25, 0.3) is 5.56 Å². The Morgan fingerprint density at radius 3 is 2.64 bits per heavy atom. The van der Waals surface area contributed by atoms with Crippen LogP contribution in [0, 0.1) is 5.82 Å². The maximum Gasteiger partial charge on any atom is 0.267 e. The maximum absolute atomic E-state index is 14.2. The smallest absolute Gasteiger partial charge is 0.267 e. The lowest BCUT2D eigenvalue weighted by Crippen LogP contribution is -2.23. The first-order valence-electron chi connectivity index (χ1n) is 8.37. The van der Waals surface area contributed by atoms with Gasteiger partial charge in [-0.2, -0.15) is 5.10 Å². The maximum atomic E-state index is 14.2. The zero-order valence-corrected chi connectivity index (χ0v) is 13.6. The van der Waals surface area contributed by atoms with Gasteiger partial charge < -0.3 is 0 Å². The number of aromatic amines is 1. The second-order valence-corrected chi connectivity index (χ2v) is 6.23. The molecule has 0 unspecified atom stereocenters. The Hall–Kier alpha value is -2.89. The fraction of sp³-hybridized carbons (Fsp3) is 0.263. The van der Waals surface area contributed by atoms with Gasteiger partial charge in [-0.3, -0.25) is 4.79 Å². The lowest BCUT2D eigenvalue weighted by atomic mass is 9.90. The van der Waals surface area contributed by atoms with Crippen molar-refractivity contribution in [3.8, 4) is 11.4 Å². The molecule has 25 heavy (non-hydrogen) atoms. The van der Waals surface area contributed by atoms with E-state index >= 15 is 0 Å². The van der Waals surface area contributed by atoms with Crippen LogP contribution in [0.3, 0.4) is 0 Å². The van der Waals surface area contributed by atoms with Crippen molar-refractivity contribution >= 4 is 0 Å². The van der Waals surface area contributed by atoms with Gasteiger partial charge in [0, 0.05) is 24.4 Å². The van der Waals surface area contributed by atoms with E-state index in [2.05, 4.69) is 20.2 Å². The number of nitrogens with one attached hydrogen (secondary N) is 1. The Kier molecular flexibility index (Phi) is 4.09. The number of halogens is 1. The average molecular weight is 336 g/mol. The Morgan fingerprint density at radius 2 is 1.84 bits per heavy atom. The van der Waals surface area contributed by atoms with E-state index in [0.29, 0.717) is 17.8 Å². The van der Waals surface area contributed by atoms with Crippen LogP contribution in [0.15, 0.2) is 41.5 Å². The van der Waals surface area contributed by atoms with Crippen molar-refractivity contribution in [2.75, 3.05) is 0 Å². The summed E-state index contributed by atoms with van der Waals surface area (Å²) in [6.07, 6.45) is 7.50. The summed E-state index contributed by atoms with van der Waals surface area (Å²) in [5.41, 5.74) is 3.96. The van der Waals surface area contributed by atoms with Crippen LogP contribution in [0.1, 0.15) is 35.2 Å². The first-order chi connectivity index (χ1) is 12.2. The zero-order valence-electron chi connectivity index (χ0n) is 13.6. The molecule has 0 saturated heterocycles. The highest BCUT2D eigenvalue weighted by atomic mass is 19.1. The highest BCUT2D eigenvalue weighted by Gasteiger charge is 2.18. The predicted molar refractivity (Wildman–Crippen MR) is 91.7 cm³/mol. The summed E-state index contributed by atoms with van der Waals surface area (Å²) in [6, 6.07) is 6.62. The molecule has 0 fully saturated rings. The Bertz CT molecular complexity index is 969. The van der Waals surface area contributed by atoms with Crippen LogP contribution in [0.5, 0.6) is 0 Å². The summed E-state index contributed by atoms with van der Waals surface area (Å²) in [7, 11) is 0. The van der Waals surface area contributed by atoms with E-state index in [4.69, 9.17) is 0 Å². The fourth-order valence-corrected chi connectivity index (χ4v) is 3.36. The van der Waals surface area contributed by atoms with Gasteiger partial charge in [0.05, 0.1) is 11.3 Å². The van der Waals surface area contributed by atoms with Crippen LogP contribution < -0.4 is 5.56 Å². The zero-order chi connectivity index (χ0) is 17.2. The van der Waals surface area contributed by atoms with Crippen LogP contribution in [0.2, 0.25) is 0 Å². The van der Waals surface area contributed by atoms with Crippen molar-refractivity contribution in [2.24, 2.45) is 0 Å². The van der Waals surface area contributed by atoms with Crippen molar-refractivity contribution in [1.29, 1.82) is 0 Å². The van der Waals surface area contributed by atoms with Crippen molar-refractivity contribution in [1.82, 2.24) is 20.2 Å². The molecule has 2 heterocycles. The quantitative estimate of drug-likeness (QED) is 0.798. The molecule has 1 aromatic carbocycles. The van der Waals surface area contributed by atoms with Crippen LogP contribution in [-0.4, -0.2) is 20.2 Å². The SMILES string of the molecule is O=c1[nH]nc(Cc2ccc(F)c(-c3ncccn3)c2)c2c1CCCC2. The van der Waals surface area contributed by atoms with Crippen LogP contribution in [0.25, 0.3) is 11.4 Å². The van der Waals surface area contributed by atoms with E-state index < -0.39 is 0 Å². The average Bonchev–Trinajstić information content (AvgIpc) is 2.66. The summed E-state index contributed by atoms with van der Waals surface area (Å²) in [6.45, 7) is 0. The van der Waals surface area contributed by atoms with Gasteiger partial charge in [0.1, 0.15) is 5.82 Å². The molecule has 0 amide bonds. The Morgan fingerprint density at radius 1 is 1.08 bits per heavy atom. The van der Waals surface area contributed by atoms with E-state index in [1.807, 2.05) is 0 Å². The fourth-order valence-electron chi connectivity index (χ4n) is 3.36. The number of H-pyrrole nitrogens is 1. The first-order valence-corrected chi connectivity index (χ1v) is 8.37. The minimum absolute atomic E-state index is 0.0871. The van der Waals surface area contributed by atoms with Crippen molar-refractivity contribution in [2.45, 2.75) is 32.1 Å². The summed E-state index contributed by atoms with van der Waals surface area (Å²) in [4.78, 5) is 20.2. The van der Waals surface area contributed by atoms with Gasteiger partial charge in [0.2, 0.25) is 0 Å². The third-order valence-corrected chi connectivity index (χ3v) is 4.59. The van der Waals surface area contributed by atoms with E-state index in [9.17, 15) is 9.18 Å². The Labute approximate surface area is 144 Å². The molecule has 3 aromatic rings. The number of aromatic nitrogens is 4. The van der Waals surface area contributed by atoms with Crippen molar-refractivity contribution in [3.05, 3.63) is 75.2 Å². The van der Waals surface area contributed by atoms with Gasteiger partial charge in [-0.05, 0) is 55.0 Å². The van der Waals surface area contributed by atoms with Gasteiger partial charge in [-0.25, -0.2) is 19.5 Å². The van der Waals surface area contributed by atoms with E-state index in [1.165, 1.54) is 6.07 Å². The molecule has 0 atom stereocenters. The molecule has 1 aliphatic rings. The molecule has 0 spiro atoms. The molecular weight excluding hydrogens is 319 g/mol. The molecule has 6 heteroatoms. The molecule has 5 nitrogen and oxygen atoms in total. The van der Waals surface area contributed by atoms with Crippen molar-refractivity contribution < 1.29 is 4.39 Å². The number of rotatable bonds is 3. The van der Waals surface area contributed by atoms with E-state index in [1.54, 1.807) is 30.6 Å². The molecule has 0 aliphatic heterocycles. The summed E-state index contributed by atoms with van der Waals surface area (Å²) in [5, 5.41) is 6.85.